The van der Waals surface area contributed by atoms with E-state index in [1.807, 2.05) is 6.92 Å². The summed E-state index contributed by atoms with van der Waals surface area (Å²) in [4.78, 5) is 0. The maximum Gasteiger partial charge on any atom is 0.0541 e. The number of hydrogen-bond donors (Lipinski definition) is 1. The zero-order chi connectivity index (χ0) is 4.99. The minimum atomic E-state index is -0.352. The normalized spacial score (nSPS) is 14.5. The first-order chi connectivity index (χ1) is 2.77. The minimum absolute atomic E-state index is 0.352. The van der Waals surface area contributed by atoms with Gasteiger partial charge in [0.15, 0.2) is 0 Å². The van der Waals surface area contributed by atoms with Crippen LogP contribution in [0.5, 0.6) is 0 Å². The number of rotatable bonds is 2. The maximum atomic E-state index is 8.44. The van der Waals surface area contributed by atoms with E-state index in [-0.39, 0.29) is 6.10 Å². The van der Waals surface area contributed by atoms with E-state index in [2.05, 4.69) is 6.92 Å². The van der Waals surface area contributed by atoms with Gasteiger partial charge in [0.2, 0.25) is 0 Å². The Bertz CT molecular complexity index is 25.1. The second-order valence-electron chi connectivity index (χ2n) is 1.44. The van der Waals surface area contributed by atoms with Gasteiger partial charge in [-0.1, -0.05) is 13.3 Å². The van der Waals surface area contributed by atoms with Gasteiger partial charge in [-0.25, -0.2) is 0 Å². The van der Waals surface area contributed by atoms with Crippen molar-refractivity contribution >= 4 is 0 Å². The van der Waals surface area contributed by atoms with Gasteiger partial charge in [-0.2, -0.15) is 0 Å². The highest BCUT2D eigenvalue weighted by Gasteiger charge is 1.87. The Morgan fingerprint density at radius 2 is 2.33 bits per heavy atom. The van der Waals surface area contributed by atoms with E-state index in [0.717, 1.165) is 12.8 Å². The predicted octanol–water partition coefficient (Wildman–Crippen LogP) is 0.981. The molecule has 1 atom stereocenters. The van der Waals surface area contributed by atoms with Crippen molar-refractivity contribution in [3.8, 4) is 0 Å². The van der Waals surface area contributed by atoms with Crippen molar-refractivity contribution in [3.63, 3.8) is 0 Å². The summed E-state index contributed by atoms with van der Waals surface area (Å²) in [6.45, 7) is 5.41. The summed E-state index contributed by atoms with van der Waals surface area (Å²) in [5.41, 5.74) is 0. The molecule has 0 bridgehead atoms. The topological polar surface area (TPSA) is 20.2 Å². The zero-order valence-corrected chi connectivity index (χ0v) is 4.15. The average molecular weight is 87.1 g/mol. The molecule has 0 aromatic heterocycles. The molecule has 0 aliphatic rings. The van der Waals surface area contributed by atoms with Gasteiger partial charge >= 0.3 is 0 Å². The molecular weight excluding hydrogens is 76.1 g/mol. The molecule has 0 aromatic rings. The largest absolute Gasteiger partial charge is 0.393 e. The van der Waals surface area contributed by atoms with E-state index in [9.17, 15) is 0 Å². The van der Waals surface area contributed by atoms with Gasteiger partial charge in [0.1, 0.15) is 0 Å². The highest BCUT2D eigenvalue weighted by Crippen LogP contribution is 1.90. The van der Waals surface area contributed by atoms with Crippen LogP contribution in [-0.2, 0) is 0 Å². The average Bonchev–Trinajstić information content (AvgIpc) is 1.35. The van der Waals surface area contributed by atoms with Crippen molar-refractivity contribution < 1.29 is 5.11 Å². The Labute approximate surface area is 39.0 Å². The standard InChI is InChI=1S/C5H11O/c1-3-4-5(2)6/h5-6H,2-4H2,1H3. The maximum absolute atomic E-state index is 8.44. The van der Waals surface area contributed by atoms with Crippen molar-refractivity contribution in [2.45, 2.75) is 25.9 Å². The lowest BCUT2D eigenvalue weighted by Crippen LogP contribution is -1.96. The predicted molar refractivity (Wildman–Crippen MR) is 26.3 cm³/mol. The molecule has 0 aliphatic carbocycles. The van der Waals surface area contributed by atoms with E-state index in [0.29, 0.717) is 0 Å². The summed E-state index contributed by atoms with van der Waals surface area (Å²) in [6, 6.07) is 0. The first-order valence-electron chi connectivity index (χ1n) is 2.28. The first kappa shape index (κ1) is 5.96. The molecule has 0 spiro atoms. The summed E-state index contributed by atoms with van der Waals surface area (Å²) < 4.78 is 0. The van der Waals surface area contributed by atoms with Gasteiger partial charge in [-0.15, -0.1) is 0 Å². The Hall–Kier alpha value is -0.0400. The van der Waals surface area contributed by atoms with E-state index in [1.54, 1.807) is 0 Å². The summed E-state index contributed by atoms with van der Waals surface area (Å²) in [6.07, 6.45) is 1.49. The van der Waals surface area contributed by atoms with Crippen LogP contribution in [-0.4, -0.2) is 11.2 Å². The van der Waals surface area contributed by atoms with Crippen LogP contribution in [0.1, 0.15) is 19.8 Å². The summed E-state index contributed by atoms with van der Waals surface area (Å²) in [5.74, 6) is 0. The number of hydrogen-bond acceptors (Lipinski definition) is 1. The lowest BCUT2D eigenvalue weighted by atomic mass is 10.2. The van der Waals surface area contributed by atoms with Crippen LogP contribution in [0.4, 0.5) is 0 Å². The lowest BCUT2D eigenvalue weighted by molar-refractivity contribution is 0.209. The molecule has 0 amide bonds. The third kappa shape index (κ3) is 3.96. The molecular formula is C5H11O. The molecule has 0 fully saturated rings. The number of aliphatic hydroxyl groups is 1. The van der Waals surface area contributed by atoms with Crippen molar-refractivity contribution in [3.05, 3.63) is 6.92 Å². The van der Waals surface area contributed by atoms with Crippen LogP contribution in [0.25, 0.3) is 0 Å². The highest BCUT2D eigenvalue weighted by atomic mass is 16.3. The molecule has 1 N–H and O–H groups in total. The van der Waals surface area contributed by atoms with Gasteiger partial charge in [0.25, 0.3) is 0 Å². The third-order valence-corrected chi connectivity index (χ3v) is 0.622. The molecule has 1 radical (unpaired) electrons. The minimum Gasteiger partial charge on any atom is -0.393 e. The molecule has 0 saturated heterocycles. The van der Waals surface area contributed by atoms with E-state index in [1.165, 1.54) is 0 Å². The highest BCUT2D eigenvalue weighted by molar-refractivity contribution is 4.52. The van der Waals surface area contributed by atoms with Crippen LogP contribution in [0, 0.1) is 6.92 Å². The van der Waals surface area contributed by atoms with Crippen LogP contribution in [0.3, 0.4) is 0 Å². The Kier molecular flexibility index (Phi) is 3.14. The van der Waals surface area contributed by atoms with Gasteiger partial charge in [-0.3, -0.25) is 0 Å². The Morgan fingerprint density at radius 3 is 2.33 bits per heavy atom. The zero-order valence-electron chi connectivity index (χ0n) is 4.15. The van der Waals surface area contributed by atoms with Crippen molar-refractivity contribution in [2.75, 3.05) is 0 Å². The van der Waals surface area contributed by atoms with Gasteiger partial charge < -0.3 is 5.11 Å². The Morgan fingerprint density at radius 1 is 1.83 bits per heavy atom. The smallest absolute Gasteiger partial charge is 0.0541 e. The third-order valence-electron chi connectivity index (χ3n) is 0.622. The van der Waals surface area contributed by atoms with Crippen molar-refractivity contribution in [2.24, 2.45) is 0 Å². The van der Waals surface area contributed by atoms with Crippen LogP contribution >= 0.6 is 0 Å². The molecule has 37 valence electrons. The second kappa shape index (κ2) is 3.16. The molecule has 0 heterocycles. The Balaban J connectivity index is 2.63. The molecule has 1 heteroatoms. The summed E-state index contributed by atoms with van der Waals surface area (Å²) >= 11 is 0. The molecule has 1 nitrogen and oxygen atoms in total. The fourth-order valence-corrected chi connectivity index (χ4v) is 0.333. The van der Waals surface area contributed by atoms with Crippen molar-refractivity contribution in [1.82, 2.24) is 0 Å². The SMILES string of the molecule is [CH2]C(O)CCC. The summed E-state index contributed by atoms with van der Waals surface area (Å²) in [5, 5.41) is 8.44. The van der Waals surface area contributed by atoms with Crippen molar-refractivity contribution in [1.29, 1.82) is 0 Å². The fourth-order valence-electron chi connectivity index (χ4n) is 0.333. The molecule has 0 saturated carbocycles. The molecule has 0 aliphatic heterocycles. The van der Waals surface area contributed by atoms with Gasteiger partial charge in [-0.05, 0) is 13.3 Å². The quantitative estimate of drug-likeness (QED) is 0.532. The van der Waals surface area contributed by atoms with E-state index < -0.39 is 0 Å². The lowest BCUT2D eigenvalue weighted by Gasteiger charge is -1.95. The fraction of sp³-hybridized carbons (Fsp3) is 0.800. The van der Waals surface area contributed by atoms with Crippen LogP contribution < -0.4 is 0 Å². The van der Waals surface area contributed by atoms with E-state index in [4.69, 9.17) is 5.11 Å². The number of aliphatic hydroxyl groups excluding tert-OH is 1. The summed E-state index contributed by atoms with van der Waals surface area (Å²) in [7, 11) is 0. The van der Waals surface area contributed by atoms with Gasteiger partial charge in [0.05, 0.1) is 6.10 Å². The molecule has 1 unspecified atom stereocenters. The first-order valence-corrected chi connectivity index (χ1v) is 2.28. The molecule has 6 heavy (non-hydrogen) atoms. The van der Waals surface area contributed by atoms with Crippen LogP contribution in [0.2, 0.25) is 0 Å². The monoisotopic (exact) mass is 87.1 g/mol. The second-order valence-corrected chi connectivity index (χ2v) is 1.44. The van der Waals surface area contributed by atoms with Gasteiger partial charge in [0, 0.05) is 0 Å². The molecule has 0 rings (SSSR count). The van der Waals surface area contributed by atoms with Crippen LogP contribution in [0.15, 0.2) is 0 Å². The molecule has 0 aromatic carbocycles. The van der Waals surface area contributed by atoms with E-state index >= 15 is 0 Å².